The Morgan fingerprint density at radius 3 is 1.18 bits per heavy atom. The molecule has 0 saturated carbocycles. The SMILES string of the molecule is COC[C@H]1O[C@@H](OC)[C@@H]2OCCOCCO[C@H]3[C@H](OC)O[C@H](COC)[C@H]3OCCOCCO[C@@H]21. The van der Waals surface area contributed by atoms with Gasteiger partial charge in [-0.3, -0.25) is 0 Å². The van der Waals surface area contributed by atoms with Crippen LogP contribution in [-0.2, 0) is 56.8 Å². The van der Waals surface area contributed by atoms with Crippen LogP contribution in [0.5, 0.6) is 0 Å². The van der Waals surface area contributed by atoms with Gasteiger partial charge in [-0.1, -0.05) is 0 Å². The van der Waals surface area contributed by atoms with Gasteiger partial charge in [-0.2, -0.15) is 0 Å². The van der Waals surface area contributed by atoms with Crippen molar-refractivity contribution in [2.45, 2.75) is 49.2 Å². The van der Waals surface area contributed by atoms with Crippen molar-refractivity contribution in [3.8, 4) is 0 Å². The van der Waals surface area contributed by atoms with E-state index in [1.54, 1.807) is 28.4 Å². The molecule has 0 unspecified atom stereocenters. The molecule has 200 valence electrons. The van der Waals surface area contributed by atoms with E-state index in [0.717, 1.165) is 0 Å². The van der Waals surface area contributed by atoms with Gasteiger partial charge >= 0.3 is 0 Å². The maximum absolute atomic E-state index is 6.07. The summed E-state index contributed by atoms with van der Waals surface area (Å²) in [5.74, 6) is 0. The number of hydrogen-bond acceptors (Lipinski definition) is 12. The molecule has 3 rings (SSSR count). The molecule has 0 aromatic rings. The van der Waals surface area contributed by atoms with Gasteiger partial charge in [0.1, 0.15) is 36.6 Å². The Balaban J connectivity index is 1.58. The standard InChI is InChI=1S/C22H40O12/c1-23-13-15-17-19(21(25-3)33-15)31-11-7-28-8-12-32-20-18(30-10-6-27-5-9-29-17)16(14-24-2)34-22(20)26-4/h15-22H,5-14H2,1-4H3/t15-,16-,17-,18-,19-,20-,21-,22-/m1/s1. The minimum Gasteiger partial charge on any atom is -0.382 e. The Hall–Kier alpha value is -0.480. The van der Waals surface area contributed by atoms with E-state index in [0.29, 0.717) is 66.1 Å². The molecule has 0 aromatic carbocycles. The fraction of sp³-hybridized carbons (Fsp3) is 1.00. The predicted octanol–water partition coefficient (Wildman–Crippen LogP) is -0.391. The molecular weight excluding hydrogens is 456 g/mol. The summed E-state index contributed by atoms with van der Waals surface area (Å²) in [4.78, 5) is 0. The predicted molar refractivity (Wildman–Crippen MR) is 116 cm³/mol. The smallest absolute Gasteiger partial charge is 0.186 e. The van der Waals surface area contributed by atoms with E-state index in [9.17, 15) is 0 Å². The molecule has 34 heavy (non-hydrogen) atoms. The normalized spacial score (nSPS) is 39.2. The highest BCUT2D eigenvalue weighted by Gasteiger charge is 2.47. The molecule has 0 radical (unpaired) electrons. The molecule has 0 aliphatic carbocycles. The maximum atomic E-state index is 6.07. The maximum Gasteiger partial charge on any atom is 0.186 e. The topological polar surface area (TPSA) is 111 Å². The van der Waals surface area contributed by atoms with E-state index < -0.39 is 24.8 Å². The molecule has 3 aliphatic heterocycles. The van der Waals surface area contributed by atoms with Crippen LogP contribution in [0.3, 0.4) is 0 Å². The molecule has 12 nitrogen and oxygen atoms in total. The van der Waals surface area contributed by atoms with Crippen LogP contribution in [0, 0.1) is 0 Å². The van der Waals surface area contributed by atoms with Gasteiger partial charge < -0.3 is 56.8 Å². The lowest BCUT2D eigenvalue weighted by Gasteiger charge is -2.25. The second-order valence-corrected chi connectivity index (χ2v) is 8.03. The summed E-state index contributed by atoms with van der Waals surface area (Å²) >= 11 is 0. The zero-order chi connectivity index (χ0) is 24.2. The van der Waals surface area contributed by atoms with Gasteiger partial charge in [0.25, 0.3) is 0 Å². The third-order valence-electron chi connectivity index (χ3n) is 5.81. The summed E-state index contributed by atoms with van der Waals surface area (Å²) in [5, 5.41) is 0. The summed E-state index contributed by atoms with van der Waals surface area (Å²) in [6.45, 7) is 3.66. The Morgan fingerprint density at radius 2 is 0.853 bits per heavy atom. The Kier molecular flexibility index (Phi) is 12.9. The first kappa shape index (κ1) is 28.1. The molecule has 3 saturated heterocycles. The summed E-state index contributed by atoms with van der Waals surface area (Å²) in [7, 11) is 6.39. The number of methoxy groups -OCH3 is 4. The van der Waals surface area contributed by atoms with Crippen LogP contribution >= 0.6 is 0 Å². The van der Waals surface area contributed by atoms with E-state index in [-0.39, 0.29) is 24.4 Å². The fourth-order valence-electron chi connectivity index (χ4n) is 4.29. The molecule has 8 atom stereocenters. The lowest BCUT2D eigenvalue weighted by atomic mass is 10.1. The van der Waals surface area contributed by atoms with Crippen LogP contribution in [0.2, 0.25) is 0 Å². The molecule has 12 heteroatoms. The van der Waals surface area contributed by atoms with Crippen molar-refractivity contribution in [2.24, 2.45) is 0 Å². The molecule has 0 N–H and O–H groups in total. The second-order valence-electron chi connectivity index (χ2n) is 8.03. The minimum absolute atomic E-state index is 0.311. The summed E-state index contributed by atoms with van der Waals surface area (Å²) in [6.07, 6.45) is -3.28. The highest BCUT2D eigenvalue weighted by Crippen LogP contribution is 2.29. The summed E-state index contributed by atoms with van der Waals surface area (Å²) in [6, 6.07) is 0. The van der Waals surface area contributed by atoms with Crippen molar-refractivity contribution in [1.29, 1.82) is 0 Å². The van der Waals surface area contributed by atoms with E-state index in [1.165, 1.54) is 0 Å². The van der Waals surface area contributed by atoms with Crippen LogP contribution in [0.25, 0.3) is 0 Å². The monoisotopic (exact) mass is 496 g/mol. The molecule has 0 amide bonds. The van der Waals surface area contributed by atoms with Crippen molar-refractivity contribution in [3.05, 3.63) is 0 Å². The van der Waals surface area contributed by atoms with Gasteiger partial charge in [-0.15, -0.1) is 0 Å². The van der Waals surface area contributed by atoms with Gasteiger partial charge in [-0.25, -0.2) is 0 Å². The van der Waals surface area contributed by atoms with E-state index in [4.69, 9.17) is 56.8 Å². The van der Waals surface area contributed by atoms with Crippen molar-refractivity contribution in [2.75, 3.05) is 94.5 Å². The first-order valence-corrected chi connectivity index (χ1v) is 11.7. The van der Waals surface area contributed by atoms with E-state index >= 15 is 0 Å². The zero-order valence-corrected chi connectivity index (χ0v) is 20.6. The summed E-state index contributed by atoms with van der Waals surface area (Å²) < 4.78 is 68.9. The largest absolute Gasteiger partial charge is 0.382 e. The lowest BCUT2D eigenvalue weighted by molar-refractivity contribution is -0.175. The van der Waals surface area contributed by atoms with Gasteiger partial charge in [-0.05, 0) is 0 Å². The van der Waals surface area contributed by atoms with Gasteiger partial charge in [0.15, 0.2) is 12.6 Å². The first-order valence-electron chi connectivity index (χ1n) is 11.7. The summed E-state index contributed by atoms with van der Waals surface area (Å²) in [5.41, 5.74) is 0. The fourth-order valence-corrected chi connectivity index (χ4v) is 4.29. The van der Waals surface area contributed by atoms with E-state index in [1.807, 2.05) is 0 Å². The Bertz CT molecular complexity index is 496. The molecular formula is C22H40O12. The Morgan fingerprint density at radius 1 is 0.500 bits per heavy atom. The second kappa shape index (κ2) is 15.6. The number of fused-ring (bicyclic) bond motifs is 2. The average molecular weight is 497 g/mol. The highest BCUT2D eigenvalue weighted by molar-refractivity contribution is 4.90. The minimum atomic E-state index is -0.557. The van der Waals surface area contributed by atoms with Gasteiger partial charge in [0.05, 0.1) is 66.1 Å². The van der Waals surface area contributed by atoms with Crippen molar-refractivity contribution < 1.29 is 56.8 Å². The van der Waals surface area contributed by atoms with Crippen LogP contribution in [-0.4, -0.2) is 144 Å². The van der Waals surface area contributed by atoms with Crippen molar-refractivity contribution >= 4 is 0 Å². The van der Waals surface area contributed by atoms with Gasteiger partial charge in [0.2, 0.25) is 0 Å². The van der Waals surface area contributed by atoms with E-state index in [2.05, 4.69) is 0 Å². The average Bonchev–Trinajstić information content (AvgIpc) is 3.35. The quantitative estimate of drug-likeness (QED) is 0.477. The van der Waals surface area contributed by atoms with Crippen LogP contribution in [0.4, 0.5) is 0 Å². The molecule has 3 aliphatic rings. The molecule has 0 spiro atoms. The number of hydrogen-bond donors (Lipinski definition) is 0. The third-order valence-corrected chi connectivity index (χ3v) is 5.81. The molecule has 3 fully saturated rings. The van der Waals surface area contributed by atoms with Crippen LogP contribution in [0.15, 0.2) is 0 Å². The molecule has 3 heterocycles. The highest BCUT2D eigenvalue weighted by atomic mass is 16.7. The van der Waals surface area contributed by atoms with Crippen molar-refractivity contribution in [1.82, 2.24) is 0 Å². The van der Waals surface area contributed by atoms with Crippen LogP contribution in [0.1, 0.15) is 0 Å². The number of rotatable bonds is 6. The van der Waals surface area contributed by atoms with Crippen LogP contribution < -0.4 is 0 Å². The Labute approximate surface area is 201 Å². The van der Waals surface area contributed by atoms with Crippen molar-refractivity contribution in [3.63, 3.8) is 0 Å². The lowest BCUT2D eigenvalue weighted by Crippen LogP contribution is -2.41. The van der Waals surface area contributed by atoms with Gasteiger partial charge in [0, 0.05) is 28.4 Å². The molecule has 0 aromatic heterocycles. The first-order chi connectivity index (χ1) is 16.7. The third kappa shape index (κ3) is 7.76. The molecule has 0 bridgehead atoms. The number of ether oxygens (including phenoxy) is 12. The zero-order valence-electron chi connectivity index (χ0n) is 20.6.